The molecular formula is C14H18N4. The highest BCUT2D eigenvalue weighted by molar-refractivity contribution is 5.80. The summed E-state index contributed by atoms with van der Waals surface area (Å²) in [6.45, 7) is 5.05. The molecule has 3 N–H and O–H groups in total. The number of aromatic nitrogens is 3. The summed E-state index contributed by atoms with van der Waals surface area (Å²) < 4.78 is 2.10. The van der Waals surface area contributed by atoms with E-state index >= 15 is 0 Å². The Bertz CT molecular complexity index is 690. The van der Waals surface area contributed by atoms with E-state index in [9.17, 15) is 0 Å². The topological polar surface area (TPSA) is 59.1 Å². The van der Waals surface area contributed by atoms with Gasteiger partial charge < -0.3 is 10.7 Å². The average Bonchev–Trinajstić information content (AvgIpc) is 2.85. The number of fused-ring (bicyclic) bond motifs is 3. The minimum absolute atomic E-state index is 0.530. The molecule has 18 heavy (non-hydrogen) atoms. The molecular weight excluding hydrogens is 224 g/mol. The Morgan fingerprint density at radius 1 is 1.39 bits per heavy atom. The third-order valence-corrected chi connectivity index (χ3v) is 3.35. The van der Waals surface area contributed by atoms with Gasteiger partial charge in [0.1, 0.15) is 0 Å². The van der Waals surface area contributed by atoms with Gasteiger partial charge in [0.2, 0.25) is 5.78 Å². The number of hydrogen-bond donors (Lipinski definition) is 2. The van der Waals surface area contributed by atoms with Gasteiger partial charge in [-0.05, 0) is 30.2 Å². The summed E-state index contributed by atoms with van der Waals surface area (Å²) in [5, 5.41) is 0. The van der Waals surface area contributed by atoms with Gasteiger partial charge in [-0.25, -0.2) is 4.98 Å². The second-order valence-corrected chi connectivity index (χ2v) is 5.03. The van der Waals surface area contributed by atoms with Crippen molar-refractivity contribution in [3.63, 3.8) is 0 Å². The van der Waals surface area contributed by atoms with E-state index in [1.54, 1.807) is 0 Å². The Labute approximate surface area is 106 Å². The Hall–Kier alpha value is -1.81. The van der Waals surface area contributed by atoms with E-state index in [0.29, 0.717) is 12.5 Å². The molecule has 0 saturated carbocycles. The monoisotopic (exact) mass is 242 g/mol. The van der Waals surface area contributed by atoms with E-state index in [1.807, 2.05) is 0 Å². The van der Waals surface area contributed by atoms with Gasteiger partial charge in [-0.1, -0.05) is 19.9 Å². The SMILES string of the molecule is CC(C)c1ccc2c(c1)nc1[nH]c(CCN)cn12. The summed E-state index contributed by atoms with van der Waals surface area (Å²) in [6.07, 6.45) is 2.95. The maximum Gasteiger partial charge on any atom is 0.212 e. The van der Waals surface area contributed by atoms with Crippen molar-refractivity contribution in [1.29, 1.82) is 0 Å². The van der Waals surface area contributed by atoms with Crippen molar-refractivity contribution < 1.29 is 0 Å². The zero-order valence-corrected chi connectivity index (χ0v) is 10.8. The van der Waals surface area contributed by atoms with Crippen LogP contribution in [0.25, 0.3) is 16.8 Å². The molecule has 0 aliphatic heterocycles. The summed E-state index contributed by atoms with van der Waals surface area (Å²) in [5.74, 6) is 1.43. The van der Waals surface area contributed by atoms with E-state index in [2.05, 4.69) is 52.6 Å². The molecule has 2 heterocycles. The number of benzene rings is 1. The van der Waals surface area contributed by atoms with Gasteiger partial charge >= 0.3 is 0 Å². The molecule has 3 aromatic rings. The molecule has 94 valence electrons. The van der Waals surface area contributed by atoms with Crippen molar-refractivity contribution in [1.82, 2.24) is 14.4 Å². The molecule has 0 radical (unpaired) electrons. The number of hydrogen-bond acceptors (Lipinski definition) is 2. The zero-order valence-electron chi connectivity index (χ0n) is 10.8. The Morgan fingerprint density at radius 2 is 2.22 bits per heavy atom. The Balaban J connectivity index is 2.17. The molecule has 0 atom stereocenters. The first-order valence-corrected chi connectivity index (χ1v) is 6.38. The fourth-order valence-corrected chi connectivity index (χ4v) is 2.31. The highest BCUT2D eigenvalue weighted by atomic mass is 15.1. The van der Waals surface area contributed by atoms with Crippen LogP contribution >= 0.6 is 0 Å². The normalized spacial score (nSPS) is 12.0. The summed E-state index contributed by atoms with van der Waals surface area (Å²) in [7, 11) is 0. The van der Waals surface area contributed by atoms with Crippen molar-refractivity contribution in [2.45, 2.75) is 26.2 Å². The number of imidazole rings is 2. The molecule has 4 nitrogen and oxygen atoms in total. The van der Waals surface area contributed by atoms with Gasteiger partial charge in [0.25, 0.3) is 0 Å². The minimum Gasteiger partial charge on any atom is -0.330 e. The molecule has 0 aliphatic rings. The van der Waals surface area contributed by atoms with Crippen molar-refractivity contribution in [3.05, 3.63) is 35.7 Å². The largest absolute Gasteiger partial charge is 0.330 e. The number of nitrogens with one attached hydrogen (secondary N) is 1. The third-order valence-electron chi connectivity index (χ3n) is 3.35. The summed E-state index contributed by atoms with van der Waals surface area (Å²) in [6, 6.07) is 6.49. The lowest BCUT2D eigenvalue weighted by atomic mass is 10.0. The van der Waals surface area contributed by atoms with E-state index in [0.717, 1.165) is 28.9 Å². The first-order chi connectivity index (χ1) is 8.69. The second-order valence-electron chi connectivity index (χ2n) is 5.03. The number of rotatable bonds is 3. The van der Waals surface area contributed by atoms with E-state index < -0.39 is 0 Å². The van der Waals surface area contributed by atoms with Crippen molar-refractivity contribution >= 4 is 16.8 Å². The molecule has 0 saturated heterocycles. The predicted octanol–water partition coefficient (Wildman–Crippen LogP) is 2.44. The van der Waals surface area contributed by atoms with Crippen LogP contribution in [0.3, 0.4) is 0 Å². The first kappa shape index (κ1) is 11.3. The van der Waals surface area contributed by atoms with E-state index in [-0.39, 0.29) is 0 Å². The third kappa shape index (κ3) is 1.69. The van der Waals surface area contributed by atoms with Crippen LogP contribution in [0.15, 0.2) is 24.4 Å². The Kier molecular flexibility index (Phi) is 2.59. The molecule has 0 spiro atoms. The lowest BCUT2D eigenvalue weighted by molar-refractivity contribution is 0.868. The van der Waals surface area contributed by atoms with Crippen LogP contribution in [0.4, 0.5) is 0 Å². The zero-order chi connectivity index (χ0) is 12.7. The smallest absolute Gasteiger partial charge is 0.212 e. The van der Waals surface area contributed by atoms with Gasteiger partial charge in [0, 0.05) is 18.3 Å². The van der Waals surface area contributed by atoms with Crippen LogP contribution < -0.4 is 5.73 Å². The predicted molar refractivity (Wildman–Crippen MR) is 73.9 cm³/mol. The quantitative estimate of drug-likeness (QED) is 0.741. The number of H-pyrrole nitrogens is 1. The molecule has 0 aliphatic carbocycles. The molecule has 1 aromatic carbocycles. The van der Waals surface area contributed by atoms with Crippen LogP contribution in [-0.2, 0) is 6.42 Å². The van der Waals surface area contributed by atoms with Crippen LogP contribution in [0.5, 0.6) is 0 Å². The highest BCUT2D eigenvalue weighted by Gasteiger charge is 2.09. The van der Waals surface area contributed by atoms with E-state index in [1.165, 1.54) is 5.56 Å². The summed E-state index contributed by atoms with van der Waals surface area (Å²) in [4.78, 5) is 7.93. The number of aromatic amines is 1. The fraction of sp³-hybridized carbons (Fsp3) is 0.357. The standard InChI is InChI=1S/C14H18N4/c1-9(2)10-3-4-13-12(7-10)17-14-16-11(5-6-15)8-18(13)14/h3-4,7-9H,5-6,15H2,1-2H3,(H,16,17). The van der Waals surface area contributed by atoms with Crippen molar-refractivity contribution in [3.8, 4) is 0 Å². The molecule has 2 aromatic heterocycles. The van der Waals surface area contributed by atoms with E-state index in [4.69, 9.17) is 5.73 Å². The lowest BCUT2D eigenvalue weighted by Gasteiger charge is -2.03. The highest BCUT2D eigenvalue weighted by Crippen LogP contribution is 2.22. The van der Waals surface area contributed by atoms with Crippen LogP contribution in [0, 0.1) is 0 Å². The molecule has 0 bridgehead atoms. The maximum atomic E-state index is 5.57. The Morgan fingerprint density at radius 3 is 2.94 bits per heavy atom. The summed E-state index contributed by atoms with van der Waals surface area (Å²) >= 11 is 0. The van der Waals surface area contributed by atoms with Crippen LogP contribution in [0.2, 0.25) is 0 Å². The molecule has 3 rings (SSSR count). The maximum absolute atomic E-state index is 5.57. The number of nitrogens with two attached hydrogens (primary N) is 1. The first-order valence-electron chi connectivity index (χ1n) is 6.38. The molecule has 4 heteroatoms. The number of nitrogens with zero attached hydrogens (tertiary/aromatic N) is 2. The lowest BCUT2D eigenvalue weighted by Crippen LogP contribution is -2.02. The molecule has 0 amide bonds. The summed E-state index contributed by atoms with van der Waals surface area (Å²) in [5.41, 5.74) is 10.2. The van der Waals surface area contributed by atoms with Crippen LogP contribution in [0.1, 0.15) is 31.0 Å². The molecule has 0 unspecified atom stereocenters. The average molecular weight is 242 g/mol. The van der Waals surface area contributed by atoms with Crippen molar-refractivity contribution in [2.24, 2.45) is 5.73 Å². The fourth-order valence-electron chi connectivity index (χ4n) is 2.31. The van der Waals surface area contributed by atoms with Gasteiger partial charge in [0.15, 0.2) is 0 Å². The van der Waals surface area contributed by atoms with Gasteiger partial charge in [-0.2, -0.15) is 0 Å². The minimum atomic E-state index is 0.530. The van der Waals surface area contributed by atoms with Gasteiger partial charge in [-0.3, -0.25) is 4.40 Å². The second kappa shape index (κ2) is 4.14. The van der Waals surface area contributed by atoms with Gasteiger partial charge in [-0.15, -0.1) is 0 Å². The van der Waals surface area contributed by atoms with Gasteiger partial charge in [0.05, 0.1) is 11.0 Å². The van der Waals surface area contributed by atoms with Crippen molar-refractivity contribution in [2.75, 3.05) is 6.54 Å². The molecule has 0 fully saturated rings. The van der Waals surface area contributed by atoms with Crippen LogP contribution in [-0.4, -0.2) is 20.9 Å².